The van der Waals surface area contributed by atoms with Crippen LogP contribution in [0.3, 0.4) is 0 Å². The summed E-state index contributed by atoms with van der Waals surface area (Å²) in [4.78, 5) is 14.5. The Bertz CT molecular complexity index is 643. The van der Waals surface area contributed by atoms with Crippen molar-refractivity contribution in [3.63, 3.8) is 0 Å². The Morgan fingerprint density at radius 3 is 3.05 bits per heavy atom. The molecule has 0 radical (unpaired) electrons. The largest absolute Gasteiger partial charge is 0.338 e. The van der Waals surface area contributed by atoms with Crippen LogP contribution in [0.5, 0.6) is 0 Å². The molecule has 2 aromatic rings. The molecule has 1 aliphatic rings. The first-order valence-electron chi connectivity index (χ1n) is 6.94. The number of hydrogen-bond donors (Lipinski definition) is 1. The number of carbonyl (C=O) groups is 1. The molecule has 1 N–H and O–H groups in total. The third-order valence-electron chi connectivity index (χ3n) is 3.85. The van der Waals surface area contributed by atoms with Crippen LogP contribution < -0.4 is 0 Å². The Morgan fingerprint density at radius 1 is 1.48 bits per heavy atom. The number of nitrogens with zero attached hydrogens (tertiary/aromatic N) is 4. The number of H-pyrrole nitrogens is 1. The second kappa shape index (κ2) is 5.81. The van der Waals surface area contributed by atoms with E-state index < -0.39 is 0 Å². The highest BCUT2D eigenvalue weighted by molar-refractivity contribution is 6.30. The van der Waals surface area contributed by atoms with E-state index in [1.165, 1.54) is 0 Å². The van der Waals surface area contributed by atoms with Gasteiger partial charge in [0.15, 0.2) is 5.82 Å². The SMILES string of the molecule is Cc1cc(Cl)ccc1C(=O)N1CCCC(c2nn[nH]n2)C1. The van der Waals surface area contributed by atoms with Crippen LogP contribution in [0.2, 0.25) is 5.02 Å². The molecule has 1 aromatic carbocycles. The van der Waals surface area contributed by atoms with Crippen LogP contribution in [0.4, 0.5) is 0 Å². The van der Waals surface area contributed by atoms with E-state index in [4.69, 9.17) is 11.6 Å². The molecule has 110 valence electrons. The molecule has 0 spiro atoms. The molecule has 1 aliphatic heterocycles. The smallest absolute Gasteiger partial charge is 0.254 e. The molecule has 0 saturated carbocycles. The Balaban J connectivity index is 1.78. The Hall–Kier alpha value is -1.95. The van der Waals surface area contributed by atoms with Gasteiger partial charge in [0.25, 0.3) is 5.91 Å². The van der Waals surface area contributed by atoms with Crippen molar-refractivity contribution >= 4 is 17.5 Å². The van der Waals surface area contributed by atoms with Gasteiger partial charge in [0, 0.05) is 29.6 Å². The van der Waals surface area contributed by atoms with Crippen LogP contribution in [0.15, 0.2) is 18.2 Å². The Kier molecular flexibility index (Phi) is 3.88. The average molecular weight is 306 g/mol. The van der Waals surface area contributed by atoms with Crippen molar-refractivity contribution < 1.29 is 4.79 Å². The summed E-state index contributed by atoms with van der Waals surface area (Å²) in [5.41, 5.74) is 1.60. The molecule has 1 aromatic heterocycles. The first kappa shape index (κ1) is 14.0. The molecule has 1 saturated heterocycles. The molecule has 0 aliphatic carbocycles. The minimum Gasteiger partial charge on any atom is -0.338 e. The van der Waals surface area contributed by atoms with Gasteiger partial charge in [-0.15, -0.1) is 10.2 Å². The number of aromatic amines is 1. The molecule has 0 bridgehead atoms. The highest BCUT2D eigenvalue weighted by atomic mass is 35.5. The molecule has 7 heteroatoms. The normalized spacial score (nSPS) is 18.8. The van der Waals surface area contributed by atoms with Crippen LogP contribution in [0.25, 0.3) is 0 Å². The van der Waals surface area contributed by atoms with Gasteiger partial charge < -0.3 is 4.90 Å². The molecular weight excluding hydrogens is 290 g/mol. The second-order valence-corrected chi connectivity index (χ2v) is 5.76. The van der Waals surface area contributed by atoms with Crippen LogP contribution >= 0.6 is 11.6 Å². The minimum atomic E-state index is 0.0392. The van der Waals surface area contributed by atoms with Crippen LogP contribution in [0, 0.1) is 6.92 Å². The molecule has 1 amide bonds. The van der Waals surface area contributed by atoms with Crippen LogP contribution in [-0.2, 0) is 0 Å². The van der Waals surface area contributed by atoms with Gasteiger partial charge in [0.05, 0.1) is 0 Å². The lowest BCUT2D eigenvalue weighted by Gasteiger charge is -2.31. The second-order valence-electron chi connectivity index (χ2n) is 5.32. The number of piperidine rings is 1. The van der Waals surface area contributed by atoms with E-state index in [0.29, 0.717) is 23.0 Å². The van der Waals surface area contributed by atoms with Crippen LogP contribution in [-0.4, -0.2) is 44.5 Å². The summed E-state index contributed by atoms with van der Waals surface area (Å²) in [6, 6.07) is 5.36. The van der Waals surface area contributed by atoms with Crippen molar-refractivity contribution in [2.45, 2.75) is 25.7 Å². The molecule has 1 unspecified atom stereocenters. The Morgan fingerprint density at radius 2 is 2.33 bits per heavy atom. The summed E-state index contributed by atoms with van der Waals surface area (Å²) in [5.74, 6) is 0.867. The molecule has 21 heavy (non-hydrogen) atoms. The minimum absolute atomic E-state index is 0.0392. The van der Waals surface area contributed by atoms with Crippen molar-refractivity contribution in [3.8, 4) is 0 Å². The van der Waals surface area contributed by atoms with Gasteiger partial charge >= 0.3 is 0 Å². The van der Waals surface area contributed by atoms with Crippen molar-refractivity contribution in [1.29, 1.82) is 0 Å². The van der Waals surface area contributed by atoms with E-state index in [2.05, 4.69) is 20.6 Å². The fraction of sp³-hybridized carbons (Fsp3) is 0.429. The molecule has 1 fully saturated rings. The maximum Gasteiger partial charge on any atom is 0.254 e. The van der Waals surface area contributed by atoms with E-state index in [9.17, 15) is 4.79 Å². The summed E-state index contributed by atoms with van der Waals surface area (Å²) < 4.78 is 0. The van der Waals surface area contributed by atoms with E-state index in [1.807, 2.05) is 17.9 Å². The number of carbonyl (C=O) groups excluding carboxylic acids is 1. The number of benzene rings is 1. The van der Waals surface area contributed by atoms with Gasteiger partial charge in [-0.25, -0.2) is 0 Å². The number of hydrogen-bond acceptors (Lipinski definition) is 4. The monoisotopic (exact) mass is 305 g/mol. The zero-order valence-corrected chi connectivity index (χ0v) is 12.5. The molecule has 3 rings (SSSR count). The van der Waals surface area contributed by atoms with E-state index in [-0.39, 0.29) is 11.8 Å². The van der Waals surface area contributed by atoms with Gasteiger partial charge in [-0.1, -0.05) is 16.8 Å². The number of halogens is 1. The number of likely N-dealkylation sites (tertiary alicyclic amines) is 1. The number of rotatable bonds is 2. The van der Waals surface area contributed by atoms with Gasteiger partial charge in [-0.2, -0.15) is 5.21 Å². The first-order chi connectivity index (χ1) is 10.1. The van der Waals surface area contributed by atoms with E-state index >= 15 is 0 Å². The standard InChI is InChI=1S/C14H16ClN5O/c1-9-7-11(15)4-5-12(9)14(21)20-6-2-3-10(8-20)13-16-18-19-17-13/h4-5,7,10H,2-3,6,8H2,1H3,(H,16,17,18,19). The van der Waals surface area contributed by atoms with Gasteiger partial charge in [0.1, 0.15) is 0 Å². The maximum atomic E-state index is 12.7. The fourth-order valence-electron chi connectivity index (χ4n) is 2.75. The zero-order chi connectivity index (χ0) is 14.8. The summed E-state index contributed by atoms with van der Waals surface area (Å²) in [7, 11) is 0. The summed E-state index contributed by atoms with van der Waals surface area (Å²) >= 11 is 5.95. The lowest BCUT2D eigenvalue weighted by molar-refractivity contribution is 0.0704. The number of nitrogens with one attached hydrogen (secondary N) is 1. The highest BCUT2D eigenvalue weighted by Crippen LogP contribution is 2.26. The van der Waals surface area contributed by atoms with Crippen molar-refractivity contribution in [2.75, 3.05) is 13.1 Å². The number of aromatic nitrogens is 4. The van der Waals surface area contributed by atoms with Gasteiger partial charge in [-0.05, 0) is 43.5 Å². The van der Waals surface area contributed by atoms with Crippen LogP contribution in [0.1, 0.15) is 40.5 Å². The topological polar surface area (TPSA) is 74.8 Å². The third kappa shape index (κ3) is 2.90. The summed E-state index contributed by atoms with van der Waals surface area (Å²) in [6.45, 7) is 3.29. The summed E-state index contributed by atoms with van der Waals surface area (Å²) in [6.07, 6.45) is 1.92. The highest BCUT2D eigenvalue weighted by Gasteiger charge is 2.28. The molecule has 6 nitrogen and oxygen atoms in total. The third-order valence-corrected chi connectivity index (χ3v) is 4.09. The lowest BCUT2D eigenvalue weighted by atomic mass is 9.96. The first-order valence-corrected chi connectivity index (χ1v) is 7.31. The lowest BCUT2D eigenvalue weighted by Crippen LogP contribution is -2.39. The number of aryl methyl sites for hydroxylation is 1. The van der Waals surface area contributed by atoms with E-state index in [0.717, 1.165) is 24.9 Å². The van der Waals surface area contributed by atoms with E-state index in [1.54, 1.807) is 12.1 Å². The van der Waals surface area contributed by atoms with Crippen molar-refractivity contribution in [1.82, 2.24) is 25.5 Å². The van der Waals surface area contributed by atoms with Gasteiger partial charge in [0.2, 0.25) is 0 Å². The number of amides is 1. The summed E-state index contributed by atoms with van der Waals surface area (Å²) in [5, 5.41) is 14.8. The number of tetrazole rings is 1. The zero-order valence-electron chi connectivity index (χ0n) is 11.7. The van der Waals surface area contributed by atoms with Crippen molar-refractivity contribution in [2.24, 2.45) is 0 Å². The van der Waals surface area contributed by atoms with Crippen molar-refractivity contribution in [3.05, 3.63) is 40.2 Å². The Labute approximate surface area is 127 Å². The maximum absolute atomic E-state index is 12.7. The predicted molar refractivity (Wildman–Crippen MR) is 78.2 cm³/mol. The molecular formula is C14H16ClN5O. The molecule has 2 heterocycles. The quantitative estimate of drug-likeness (QED) is 0.923. The average Bonchev–Trinajstić information content (AvgIpc) is 3.01. The predicted octanol–water partition coefficient (Wildman–Crippen LogP) is 2.18. The fourth-order valence-corrected chi connectivity index (χ4v) is 2.98. The molecule has 1 atom stereocenters. The van der Waals surface area contributed by atoms with Gasteiger partial charge in [-0.3, -0.25) is 4.79 Å².